The van der Waals surface area contributed by atoms with Crippen molar-refractivity contribution in [1.29, 1.82) is 0 Å². The van der Waals surface area contributed by atoms with E-state index in [1.165, 1.54) is 67.1 Å². The second kappa shape index (κ2) is 9.86. The van der Waals surface area contributed by atoms with Gasteiger partial charge in [0.1, 0.15) is 0 Å². The molecule has 0 aromatic heterocycles. The van der Waals surface area contributed by atoms with E-state index >= 15 is 0 Å². The summed E-state index contributed by atoms with van der Waals surface area (Å²) in [5, 5.41) is 0. The smallest absolute Gasteiger partial charge is 0.0755 e. The molecule has 3 aliphatic carbocycles. The van der Waals surface area contributed by atoms with Crippen molar-refractivity contribution in [2.75, 3.05) is 4.90 Å². The molecule has 2 unspecified atom stereocenters. The Balaban J connectivity index is 1.32. The van der Waals surface area contributed by atoms with Crippen molar-refractivity contribution in [2.24, 2.45) is 0 Å². The van der Waals surface area contributed by atoms with Crippen LogP contribution in [0, 0.1) is 0 Å². The fourth-order valence-electron chi connectivity index (χ4n) is 8.17. The maximum Gasteiger partial charge on any atom is 0.0755 e. The summed E-state index contributed by atoms with van der Waals surface area (Å²) in [4.78, 5) is 2.49. The van der Waals surface area contributed by atoms with E-state index in [1.54, 1.807) is 0 Å². The van der Waals surface area contributed by atoms with Crippen LogP contribution in [0.2, 0.25) is 5.82 Å². The van der Waals surface area contributed by atoms with Crippen molar-refractivity contribution in [3.8, 4) is 22.3 Å². The Labute approximate surface area is 263 Å². The molecule has 214 valence electrons. The molecule has 0 spiro atoms. The predicted octanol–water partition coefficient (Wildman–Crippen LogP) is 11.2. The summed E-state index contributed by atoms with van der Waals surface area (Å²) in [5.41, 5.74) is 15.7. The molecule has 0 heterocycles. The topological polar surface area (TPSA) is 3.24 Å². The number of fused-ring (bicyclic) bond motifs is 6. The molecule has 2 heteroatoms. The summed E-state index contributed by atoms with van der Waals surface area (Å²) in [6, 6.07) is 41.1. The highest BCUT2D eigenvalue weighted by molar-refractivity contribution is 6.13. The zero-order valence-corrected chi connectivity index (χ0v) is 26.1. The van der Waals surface area contributed by atoms with E-state index in [0.717, 1.165) is 12.8 Å². The van der Waals surface area contributed by atoms with E-state index < -0.39 is 0 Å². The minimum Gasteiger partial charge on any atom is -0.310 e. The molecule has 0 N–H and O–H groups in total. The SMILES string of the molecule is [B]C1C=CC(c2ccc(N(c3ccc4c(c3)C(C)(C)c3ccccc3-4)c3cccc4c3-c3ccccc3C4(C)C)cc2)CC1. The Morgan fingerprint density at radius 1 is 0.568 bits per heavy atom. The van der Waals surface area contributed by atoms with Gasteiger partial charge >= 0.3 is 0 Å². The Hall–Kier alpha value is -4.30. The third kappa shape index (κ3) is 4.00. The molecule has 0 aliphatic heterocycles. The van der Waals surface area contributed by atoms with Gasteiger partial charge in [0.15, 0.2) is 0 Å². The lowest BCUT2D eigenvalue weighted by atomic mass is 9.75. The van der Waals surface area contributed by atoms with Crippen molar-refractivity contribution in [3.05, 3.63) is 149 Å². The van der Waals surface area contributed by atoms with Crippen LogP contribution in [0.5, 0.6) is 0 Å². The van der Waals surface area contributed by atoms with E-state index in [0.29, 0.717) is 5.92 Å². The summed E-state index contributed by atoms with van der Waals surface area (Å²) in [6.45, 7) is 9.45. The predicted molar refractivity (Wildman–Crippen MR) is 187 cm³/mol. The van der Waals surface area contributed by atoms with Crippen molar-refractivity contribution < 1.29 is 0 Å². The lowest BCUT2D eigenvalue weighted by Crippen LogP contribution is -2.17. The Morgan fingerprint density at radius 3 is 1.91 bits per heavy atom. The standard InChI is InChI=1S/C42H38BN/c1-41(2)36-13-8-6-11-34(36)40-37(41)14-9-15-39(40)44(30-22-18-28(19-23-30)27-16-20-29(43)21-17-27)31-24-25-33-32-10-5-7-12-35(32)42(3,4)38(33)26-31/h5-16,18-20,22-27,29H,17,21H2,1-4H3. The van der Waals surface area contributed by atoms with E-state index in [4.69, 9.17) is 7.85 Å². The van der Waals surface area contributed by atoms with Crippen LogP contribution >= 0.6 is 0 Å². The van der Waals surface area contributed by atoms with Gasteiger partial charge < -0.3 is 4.90 Å². The minimum atomic E-state index is -0.0706. The van der Waals surface area contributed by atoms with E-state index in [-0.39, 0.29) is 16.6 Å². The largest absolute Gasteiger partial charge is 0.310 e. The maximum atomic E-state index is 6.16. The fraction of sp³-hybridized carbons (Fsp3) is 0.238. The molecule has 0 saturated carbocycles. The van der Waals surface area contributed by atoms with Gasteiger partial charge in [0.05, 0.1) is 13.5 Å². The van der Waals surface area contributed by atoms with Crippen molar-refractivity contribution in [1.82, 2.24) is 0 Å². The number of benzene rings is 5. The molecule has 2 radical (unpaired) electrons. The first kappa shape index (κ1) is 27.3. The van der Waals surface area contributed by atoms with E-state index in [9.17, 15) is 0 Å². The normalized spacial score (nSPS) is 20.0. The zero-order valence-electron chi connectivity index (χ0n) is 26.1. The van der Waals surface area contributed by atoms with E-state index in [2.05, 4.69) is 154 Å². The highest BCUT2D eigenvalue weighted by Gasteiger charge is 2.39. The van der Waals surface area contributed by atoms with Crippen LogP contribution in [-0.2, 0) is 10.8 Å². The summed E-state index contributed by atoms with van der Waals surface area (Å²) in [6.07, 6.45) is 6.60. The quantitative estimate of drug-likeness (QED) is 0.154. The van der Waals surface area contributed by atoms with Crippen molar-refractivity contribution >= 4 is 24.9 Å². The summed E-state index contributed by atoms with van der Waals surface area (Å²) in [7, 11) is 6.16. The van der Waals surface area contributed by atoms with Gasteiger partial charge in [0.2, 0.25) is 0 Å². The first-order valence-corrected chi connectivity index (χ1v) is 16.1. The van der Waals surface area contributed by atoms with Crippen molar-refractivity contribution in [2.45, 2.75) is 63.1 Å². The molecule has 0 fully saturated rings. The third-order valence-corrected chi connectivity index (χ3v) is 10.6. The number of nitrogens with zero attached hydrogens (tertiary/aromatic N) is 1. The number of hydrogen-bond donors (Lipinski definition) is 0. The van der Waals surface area contributed by atoms with Crippen LogP contribution in [0.25, 0.3) is 22.3 Å². The molecule has 0 saturated heterocycles. The van der Waals surface area contributed by atoms with Gasteiger partial charge in [-0.05, 0) is 81.3 Å². The number of anilines is 3. The van der Waals surface area contributed by atoms with Gasteiger partial charge in [-0.25, -0.2) is 0 Å². The molecular weight excluding hydrogens is 529 g/mol. The molecular formula is C42H38BN. The van der Waals surface area contributed by atoms with Crippen molar-refractivity contribution in [3.63, 3.8) is 0 Å². The maximum absolute atomic E-state index is 6.16. The van der Waals surface area contributed by atoms with Crippen LogP contribution in [0.3, 0.4) is 0 Å². The molecule has 2 atom stereocenters. The molecule has 5 aromatic rings. The number of allylic oxidation sites excluding steroid dienone is 2. The lowest BCUT2D eigenvalue weighted by Gasteiger charge is -2.31. The second-order valence-electron chi connectivity index (χ2n) is 13.9. The fourth-order valence-corrected chi connectivity index (χ4v) is 8.17. The van der Waals surface area contributed by atoms with Crippen LogP contribution < -0.4 is 4.90 Å². The van der Waals surface area contributed by atoms with Gasteiger partial charge in [-0.2, -0.15) is 0 Å². The van der Waals surface area contributed by atoms with E-state index in [1.807, 2.05) is 0 Å². The lowest BCUT2D eigenvalue weighted by molar-refractivity contribution is 0.654. The number of rotatable bonds is 4. The molecule has 0 bridgehead atoms. The number of hydrogen-bond acceptors (Lipinski definition) is 1. The monoisotopic (exact) mass is 567 g/mol. The van der Waals surface area contributed by atoms with Gasteiger partial charge in [-0.3, -0.25) is 0 Å². The molecule has 1 nitrogen and oxygen atoms in total. The Morgan fingerprint density at radius 2 is 1.18 bits per heavy atom. The first-order chi connectivity index (χ1) is 21.2. The highest BCUT2D eigenvalue weighted by Crippen LogP contribution is 2.55. The van der Waals surface area contributed by atoms with Gasteiger partial charge in [0, 0.05) is 33.7 Å². The average molecular weight is 568 g/mol. The third-order valence-electron chi connectivity index (χ3n) is 10.6. The molecule has 0 amide bonds. The van der Waals surface area contributed by atoms with Crippen LogP contribution in [-0.4, -0.2) is 7.85 Å². The van der Waals surface area contributed by atoms with Gasteiger partial charge in [-0.15, -0.1) is 0 Å². The second-order valence-corrected chi connectivity index (χ2v) is 13.9. The molecule has 8 rings (SSSR count). The average Bonchev–Trinajstić information content (AvgIpc) is 3.42. The molecule has 44 heavy (non-hydrogen) atoms. The van der Waals surface area contributed by atoms with Gasteiger partial charge in [-0.1, -0.05) is 131 Å². The minimum absolute atomic E-state index is 0.0623. The summed E-state index contributed by atoms with van der Waals surface area (Å²) >= 11 is 0. The molecule has 3 aliphatic rings. The van der Waals surface area contributed by atoms with Crippen LogP contribution in [0.1, 0.15) is 74.3 Å². The van der Waals surface area contributed by atoms with Crippen LogP contribution in [0.15, 0.2) is 121 Å². The summed E-state index contributed by atoms with van der Waals surface area (Å²) in [5.74, 6) is 0.605. The first-order valence-electron chi connectivity index (χ1n) is 16.1. The molecule has 5 aromatic carbocycles. The van der Waals surface area contributed by atoms with Gasteiger partial charge in [0.25, 0.3) is 0 Å². The summed E-state index contributed by atoms with van der Waals surface area (Å²) < 4.78 is 0. The highest BCUT2D eigenvalue weighted by atomic mass is 15.1. The zero-order chi connectivity index (χ0) is 30.2. The Bertz CT molecular complexity index is 1940. The van der Waals surface area contributed by atoms with Crippen LogP contribution in [0.4, 0.5) is 17.1 Å². The Kier molecular flexibility index (Phi) is 6.11.